The van der Waals surface area contributed by atoms with E-state index in [0.717, 1.165) is 4.88 Å². The van der Waals surface area contributed by atoms with E-state index in [-0.39, 0.29) is 13.1 Å². The van der Waals surface area contributed by atoms with Gasteiger partial charge in [0.15, 0.2) is 0 Å². The van der Waals surface area contributed by atoms with E-state index in [1.165, 1.54) is 11.3 Å². The van der Waals surface area contributed by atoms with Crippen molar-refractivity contribution >= 4 is 34.6 Å². The molecule has 0 saturated heterocycles. The third kappa shape index (κ3) is 3.72. The second kappa shape index (κ2) is 6.74. The number of hydrogen-bond donors (Lipinski definition) is 2. The molecule has 106 valence electrons. The lowest BCUT2D eigenvalue weighted by molar-refractivity contribution is -0.135. The van der Waals surface area contributed by atoms with Crippen LogP contribution in [0.2, 0.25) is 5.02 Å². The molecular formula is C14H14ClNO3S. The number of thiophene rings is 1. The highest BCUT2D eigenvalue weighted by atomic mass is 35.5. The summed E-state index contributed by atoms with van der Waals surface area (Å²) in [5, 5.41) is 21.5. The van der Waals surface area contributed by atoms with Crippen molar-refractivity contribution in [1.82, 2.24) is 0 Å². The number of aliphatic hydroxyl groups excluding tert-OH is 1. The van der Waals surface area contributed by atoms with Gasteiger partial charge in [0.1, 0.15) is 12.6 Å². The number of carbonyl (C=O) groups is 1. The highest BCUT2D eigenvalue weighted by Crippen LogP contribution is 2.28. The summed E-state index contributed by atoms with van der Waals surface area (Å²) in [5.41, 5.74) is 0.604. The summed E-state index contributed by atoms with van der Waals surface area (Å²) in [6.07, 6.45) is -0.745. The number of anilines is 1. The minimum absolute atomic E-state index is 0.177. The first kappa shape index (κ1) is 14.8. The van der Waals surface area contributed by atoms with E-state index in [9.17, 15) is 9.90 Å². The molecule has 0 spiro atoms. The second-order valence-electron chi connectivity index (χ2n) is 4.26. The summed E-state index contributed by atoms with van der Waals surface area (Å²) in [4.78, 5) is 13.4. The van der Waals surface area contributed by atoms with Gasteiger partial charge >= 0.3 is 5.97 Å². The number of hydrogen-bond acceptors (Lipinski definition) is 4. The van der Waals surface area contributed by atoms with Crippen LogP contribution in [0.5, 0.6) is 0 Å². The smallest absolute Gasteiger partial charge is 0.323 e. The molecular weight excluding hydrogens is 298 g/mol. The van der Waals surface area contributed by atoms with Gasteiger partial charge in [0.05, 0.1) is 10.7 Å². The zero-order valence-corrected chi connectivity index (χ0v) is 12.1. The van der Waals surface area contributed by atoms with Gasteiger partial charge in [-0.05, 0) is 23.6 Å². The number of halogens is 1. The summed E-state index contributed by atoms with van der Waals surface area (Å²) in [6.45, 7) is -0.0390. The Morgan fingerprint density at radius 2 is 2.05 bits per heavy atom. The number of nitrogens with zero attached hydrogens (tertiary/aromatic N) is 1. The SMILES string of the molecule is O=C(O)CN(C[C@@H](O)c1cccs1)c1ccccc1Cl. The fourth-order valence-electron chi connectivity index (χ4n) is 1.90. The van der Waals surface area contributed by atoms with E-state index in [1.54, 1.807) is 29.2 Å². The first-order valence-electron chi connectivity index (χ1n) is 6.00. The second-order valence-corrected chi connectivity index (χ2v) is 5.64. The average molecular weight is 312 g/mol. The van der Waals surface area contributed by atoms with Gasteiger partial charge in [0.25, 0.3) is 0 Å². The van der Waals surface area contributed by atoms with Gasteiger partial charge in [-0.3, -0.25) is 4.79 Å². The number of aliphatic hydroxyl groups is 1. The van der Waals surface area contributed by atoms with E-state index in [2.05, 4.69) is 0 Å². The lowest BCUT2D eigenvalue weighted by Gasteiger charge is -2.26. The van der Waals surface area contributed by atoms with Crippen molar-refractivity contribution in [2.45, 2.75) is 6.10 Å². The van der Waals surface area contributed by atoms with Crippen LogP contribution in [0.25, 0.3) is 0 Å². The van der Waals surface area contributed by atoms with Crippen molar-refractivity contribution < 1.29 is 15.0 Å². The van der Waals surface area contributed by atoms with Crippen LogP contribution in [0.3, 0.4) is 0 Å². The molecule has 1 atom stereocenters. The molecule has 20 heavy (non-hydrogen) atoms. The predicted molar refractivity (Wildman–Crippen MR) is 80.6 cm³/mol. The molecule has 0 radical (unpaired) electrons. The van der Waals surface area contributed by atoms with Crippen molar-refractivity contribution in [2.24, 2.45) is 0 Å². The van der Waals surface area contributed by atoms with Gasteiger partial charge in [-0.1, -0.05) is 29.8 Å². The van der Waals surface area contributed by atoms with Gasteiger partial charge in [-0.15, -0.1) is 11.3 Å². The number of carboxylic acids is 1. The van der Waals surface area contributed by atoms with E-state index in [0.29, 0.717) is 10.7 Å². The third-order valence-electron chi connectivity index (χ3n) is 2.78. The van der Waals surface area contributed by atoms with Gasteiger partial charge in [-0.2, -0.15) is 0 Å². The van der Waals surface area contributed by atoms with Crippen LogP contribution in [0.15, 0.2) is 41.8 Å². The van der Waals surface area contributed by atoms with Crippen molar-refractivity contribution in [3.8, 4) is 0 Å². The standard InChI is InChI=1S/C14H14ClNO3S/c15-10-4-1-2-5-11(10)16(9-14(18)19)8-12(17)13-6-3-7-20-13/h1-7,12,17H,8-9H2,(H,18,19)/t12-/m1/s1. The molecule has 0 bridgehead atoms. The monoisotopic (exact) mass is 311 g/mol. The third-order valence-corrected chi connectivity index (χ3v) is 4.08. The summed E-state index contributed by atoms with van der Waals surface area (Å²) < 4.78 is 0. The van der Waals surface area contributed by atoms with E-state index in [4.69, 9.17) is 16.7 Å². The maximum Gasteiger partial charge on any atom is 0.323 e. The van der Waals surface area contributed by atoms with Crippen LogP contribution in [0, 0.1) is 0 Å². The number of rotatable bonds is 6. The Bertz CT molecular complexity index is 574. The molecule has 2 aromatic rings. The number of carboxylic acid groups (broad SMARTS) is 1. The molecule has 0 unspecified atom stereocenters. The van der Waals surface area contributed by atoms with Crippen LogP contribution in [0.1, 0.15) is 11.0 Å². The topological polar surface area (TPSA) is 60.8 Å². The summed E-state index contributed by atoms with van der Waals surface area (Å²) in [6, 6.07) is 10.7. The van der Waals surface area contributed by atoms with Gasteiger partial charge in [0, 0.05) is 11.4 Å². The summed E-state index contributed by atoms with van der Waals surface area (Å²) in [7, 11) is 0. The average Bonchev–Trinajstić information content (AvgIpc) is 2.92. The Balaban J connectivity index is 2.20. The summed E-state index contributed by atoms with van der Waals surface area (Å²) >= 11 is 7.53. The first-order chi connectivity index (χ1) is 9.58. The van der Waals surface area contributed by atoms with Crippen molar-refractivity contribution in [3.05, 3.63) is 51.7 Å². The van der Waals surface area contributed by atoms with Crippen LogP contribution in [0.4, 0.5) is 5.69 Å². The van der Waals surface area contributed by atoms with Crippen LogP contribution in [-0.2, 0) is 4.79 Å². The Hall–Kier alpha value is -1.56. The molecule has 0 aliphatic carbocycles. The minimum atomic E-state index is -0.969. The van der Waals surface area contributed by atoms with Crippen LogP contribution >= 0.6 is 22.9 Å². The van der Waals surface area contributed by atoms with Gasteiger partial charge < -0.3 is 15.1 Å². The molecule has 0 saturated carbocycles. The Labute approximate surface area is 125 Å². The molecule has 2 N–H and O–H groups in total. The minimum Gasteiger partial charge on any atom is -0.480 e. The molecule has 6 heteroatoms. The number of para-hydroxylation sites is 1. The molecule has 2 rings (SSSR count). The van der Waals surface area contributed by atoms with Crippen LogP contribution < -0.4 is 4.90 Å². The maximum absolute atomic E-state index is 11.0. The molecule has 4 nitrogen and oxygen atoms in total. The van der Waals surface area contributed by atoms with Gasteiger partial charge in [0.2, 0.25) is 0 Å². The normalized spacial score (nSPS) is 12.1. The van der Waals surface area contributed by atoms with E-state index >= 15 is 0 Å². The lowest BCUT2D eigenvalue weighted by atomic mass is 10.2. The maximum atomic E-state index is 11.0. The molecule has 0 aliphatic heterocycles. The zero-order chi connectivity index (χ0) is 14.5. The first-order valence-corrected chi connectivity index (χ1v) is 7.26. The van der Waals surface area contributed by atoms with Crippen LogP contribution in [-0.4, -0.2) is 29.3 Å². The fraction of sp³-hybridized carbons (Fsp3) is 0.214. The predicted octanol–water partition coefficient (Wildman–Crippen LogP) is 3.03. The molecule has 0 amide bonds. The Morgan fingerprint density at radius 3 is 2.65 bits per heavy atom. The lowest BCUT2D eigenvalue weighted by Crippen LogP contribution is -2.33. The highest BCUT2D eigenvalue weighted by Gasteiger charge is 2.19. The molecule has 1 aromatic carbocycles. The quantitative estimate of drug-likeness (QED) is 0.861. The molecule has 0 fully saturated rings. The van der Waals surface area contributed by atoms with Crippen molar-refractivity contribution in [3.63, 3.8) is 0 Å². The highest BCUT2D eigenvalue weighted by molar-refractivity contribution is 7.10. The Kier molecular flexibility index (Phi) is 5.00. The fourth-order valence-corrected chi connectivity index (χ4v) is 2.86. The van der Waals surface area contributed by atoms with E-state index in [1.807, 2.05) is 17.5 Å². The van der Waals surface area contributed by atoms with Crippen molar-refractivity contribution in [2.75, 3.05) is 18.0 Å². The van der Waals surface area contributed by atoms with E-state index < -0.39 is 12.1 Å². The molecule has 1 aromatic heterocycles. The molecule has 1 heterocycles. The number of benzene rings is 1. The zero-order valence-electron chi connectivity index (χ0n) is 10.6. The Morgan fingerprint density at radius 1 is 1.30 bits per heavy atom. The summed E-state index contributed by atoms with van der Waals surface area (Å²) in [5.74, 6) is -0.969. The largest absolute Gasteiger partial charge is 0.480 e. The van der Waals surface area contributed by atoms with Gasteiger partial charge in [-0.25, -0.2) is 0 Å². The number of aliphatic carboxylic acids is 1. The molecule has 0 aliphatic rings. The van der Waals surface area contributed by atoms with Crippen molar-refractivity contribution in [1.29, 1.82) is 0 Å².